The molecule has 2 aliphatic heterocycles. The number of rotatable bonds is 4. The minimum atomic E-state index is 0.177. The number of nitrogens with zero attached hydrogens (tertiary/aromatic N) is 2. The van der Waals surface area contributed by atoms with Crippen molar-refractivity contribution in [3.63, 3.8) is 0 Å². The molecule has 2 fully saturated rings. The molecule has 0 saturated carbocycles. The van der Waals surface area contributed by atoms with Crippen LogP contribution in [0.4, 0.5) is 0 Å². The summed E-state index contributed by atoms with van der Waals surface area (Å²) in [5.74, 6) is 0.177. The zero-order chi connectivity index (χ0) is 14.4. The van der Waals surface area contributed by atoms with E-state index in [4.69, 9.17) is 0 Å². The summed E-state index contributed by atoms with van der Waals surface area (Å²) < 4.78 is 0. The van der Waals surface area contributed by atoms with Crippen LogP contribution in [0.25, 0.3) is 0 Å². The van der Waals surface area contributed by atoms with Gasteiger partial charge in [-0.2, -0.15) is 0 Å². The summed E-state index contributed by atoms with van der Waals surface area (Å²) in [5.41, 5.74) is 0. The summed E-state index contributed by atoms with van der Waals surface area (Å²) in [6.07, 6.45) is 8.03. The number of piperidine rings is 1. The first-order chi connectivity index (χ1) is 9.65. The van der Waals surface area contributed by atoms with Crippen LogP contribution in [-0.4, -0.2) is 60.5 Å². The quantitative estimate of drug-likeness (QED) is 0.854. The van der Waals surface area contributed by atoms with Gasteiger partial charge in [-0.05, 0) is 59.2 Å². The molecule has 2 heterocycles. The molecule has 0 aliphatic carbocycles. The van der Waals surface area contributed by atoms with E-state index in [0.29, 0.717) is 12.6 Å². The number of nitrogens with one attached hydrogen (secondary N) is 1. The lowest BCUT2D eigenvalue weighted by Crippen LogP contribution is -2.51. The summed E-state index contributed by atoms with van der Waals surface area (Å²) in [4.78, 5) is 16.9. The van der Waals surface area contributed by atoms with Crippen molar-refractivity contribution in [2.75, 3.05) is 32.7 Å². The molecule has 0 spiro atoms. The largest absolute Gasteiger partial charge is 0.353 e. The van der Waals surface area contributed by atoms with E-state index in [9.17, 15) is 4.79 Å². The van der Waals surface area contributed by atoms with E-state index < -0.39 is 0 Å². The third kappa shape index (κ3) is 5.06. The van der Waals surface area contributed by atoms with Gasteiger partial charge in [-0.25, -0.2) is 0 Å². The van der Waals surface area contributed by atoms with Gasteiger partial charge in [0.1, 0.15) is 0 Å². The predicted molar refractivity (Wildman–Crippen MR) is 82.8 cm³/mol. The Hall–Kier alpha value is -0.610. The Morgan fingerprint density at radius 3 is 2.45 bits per heavy atom. The minimum Gasteiger partial charge on any atom is -0.353 e. The van der Waals surface area contributed by atoms with Crippen LogP contribution in [0.3, 0.4) is 0 Å². The summed E-state index contributed by atoms with van der Waals surface area (Å²) in [7, 11) is 0. The lowest BCUT2D eigenvalue weighted by atomic mass is 10.0. The maximum atomic E-state index is 11.9. The summed E-state index contributed by atoms with van der Waals surface area (Å²) in [5, 5.41) is 3.00. The topological polar surface area (TPSA) is 35.6 Å². The fraction of sp³-hybridized carbons (Fsp3) is 0.938. The molecule has 4 nitrogen and oxygen atoms in total. The van der Waals surface area contributed by atoms with Crippen LogP contribution in [0.2, 0.25) is 0 Å². The number of likely N-dealkylation sites (tertiary alicyclic amines) is 2. The van der Waals surface area contributed by atoms with Gasteiger partial charge in [-0.15, -0.1) is 0 Å². The molecule has 0 aromatic rings. The van der Waals surface area contributed by atoms with E-state index in [0.717, 1.165) is 13.1 Å². The van der Waals surface area contributed by atoms with Crippen molar-refractivity contribution in [3.8, 4) is 0 Å². The van der Waals surface area contributed by atoms with Gasteiger partial charge < -0.3 is 5.32 Å². The highest BCUT2D eigenvalue weighted by Crippen LogP contribution is 2.19. The molecule has 1 amide bonds. The summed E-state index contributed by atoms with van der Waals surface area (Å²) in [6, 6.07) is 0.919. The first-order valence-electron chi connectivity index (χ1n) is 8.41. The van der Waals surface area contributed by atoms with Gasteiger partial charge in [0, 0.05) is 18.6 Å². The van der Waals surface area contributed by atoms with Gasteiger partial charge in [0.25, 0.3) is 0 Å². The van der Waals surface area contributed by atoms with Gasteiger partial charge in [0.2, 0.25) is 5.91 Å². The molecule has 20 heavy (non-hydrogen) atoms. The van der Waals surface area contributed by atoms with Gasteiger partial charge in [0.15, 0.2) is 0 Å². The van der Waals surface area contributed by atoms with E-state index in [1.165, 1.54) is 51.6 Å². The van der Waals surface area contributed by atoms with Gasteiger partial charge in [-0.1, -0.05) is 12.8 Å². The second-order valence-corrected chi connectivity index (χ2v) is 6.70. The van der Waals surface area contributed by atoms with Crippen molar-refractivity contribution in [2.45, 2.75) is 64.5 Å². The predicted octanol–water partition coefficient (Wildman–Crippen LogP) is 1.85. The van der Waals surface area contributed by atoms with Crippen LogP contribution in [0, 0.1) is 0 Å². The molecule has 0 aromatic carbocycles. The molecular formula is C16H31N3O. The normalized spacial score (nSPS) is 26.4. The monoisotopic (exact) mass is 281 g/mol. The van der Waals surface area contributed by atoms with Crippen LogP contribution in [0.5, 0.6) is 0 Å². The minimum absolute atomic E-state index is 0.177. The van der Waals surface area contributed by atoms with Crippen LogP contribution >= 0.6 is 0 Å². The maximum absolute atomic E-state index is 11.9. The Morgan fingerprint density at radius 2 is 1.80 bits per heavy atom. The fourth-order valence-corrected chi connectivity index (χ4v) is 3.50. The highest BCUT2D eigenvalue weighted by atomic mass is 16.2. The van der Waals surface area contributed by atoms with Crippen molar-refractivity contribution in [1.29, 1.82) is 0 Å². The van der Waals surface area contributed by atoms with Crippen molar-refractivity contribution < 1.29 is 4.79 Å². The average molecular weight is 281 g/mol. The second-order valence-electron chi connectivity index (χ2n) is 6.70. The lowest BCUT2D eigenvalue weighted by Gasteiger charge is -2.38. The third-order valence-electron chi connectivity index (χ3n) is 4.45. The first kappa shape index (κ1) is 15.8. The molecule has 0 bridgehead atoms. The Kier molecular flexibility index (Phi) is 6.30. The van der Waals surface area contributed by atoms with Gasteiger partial charge in [0.05, 0.1) is 6.54 Å². The Balaban J connectivity index is 1.80. The Labute approximate surface area is 123 Å². The van der Waals surface area contributed by atoms with Crippen molar-refractivity contribution in [1.82, 2.24) is 15.1 Å². The standard InChI is InChI=1S/C16H31N3O/c1-14(2)17-16(20)13-18-9-7-8-15(12-18)19-10-5-3-4-6-11-19/h14-15H,3-13H2,1-2H3,(H,17,20). The first-order valence-corrected chi connectivity index (χ1v) is 8.41. The zero-order valence-corrected chi connectivity index (χ0v) is 13.2. The SMILES string of the molecule is CC(C)NC(=O)CN1CCCC(N2CCCCCC2)C1. The van der Waals surface area contributed by atoms with E-state index in [2.05, 4.69) is 15.1 Å². The van der Waals surface area contributed by atoms with Crippen molar-refractivity contribution in [3.05, 3.63) is 0 Å². The number of hydrogen-bond donors (Lipinski definition) is 1. The Bertz CT molecular complexity index is 298. The van der Waals surface area contributed by atoms with Crippen LogP contribution in [0.15, 0.2) is 0 Å². The second kappa shape index (κ2) is 7.99. The van der Waals surface area contributed by atoms with E-state index in [1.54, 1.807) is 0 Å². The van der Waals surface area contributed by atoms with Crippen molar-refractivity contribution in [2.24, 2.45) is 0 Å². The lowest BCUT2D eigenvalue weighted by molar-refractivity contribution is -0.123. The Morgan fingerprint density at radius 1 is 1.10 bits per heavy atom. The zero-order valence-electron chi connectivity index (χ0n) is 13.2. The van der Waals surface area contributed by atoms with Gasteiger partial charge >= 0.3 is 0 Å². The van der Waals surface area contributed by atoms with Crippen molar-refractivity contribution >= 4 is 5.91 Å². The maximum Gasteiger partial charge on any atom is 0.234 e. The fourth-order valence-electron chi connectivity index (χ4n) is 3.50. The molecular weight excluding hydrogens is 250 g/mol. The van der Waals surface area contributed by atoms with Crippen LogP contribution in [-0.2, 0) is 4.79 Å². The van der Waals surface area contributed by atoms with E-state index >= 15 is 0 Å². The highest BCUT2D eigenvalue weighted by Gasteiger charge is 2.26. The molecule has 0 aromatic heterocycles. The average Bonchev–Trinajstić information content (AvgIpc) is 2.66. The number of hydrogen-bond acceptors (Lipinski definition) is 3. The molecule has 1 N–H and O–H groups in total. The molecule has 2 rings (SSSR count). The molecule has 0 radical (unpaired) electrons. The molecule has 4 heteroatoms. The smallest absolute Gasteiger partial charge is 0.234 e. The van der Waals surface area contributed by atoms with Gasteiger partial charge in [-0.3, -0.25) is 14.6 Å². The van der Waals surface area contributed by atoms with E-state index in [1.807, 2.05) is 13.8 Å². The molecule has 116 valence electrons. The number of amides is 1. The molecule has 1 atom stereocenters. The highest BCUT2D eigenvalue weighted by molar-refractivity contribution is 5.78. The summed E-state index contributed by atoms with van der Waals surface area (Å²) in [6.45, 7) is 9.29. The number of carbonyl (C=O) groups excluding carboxylic acids is 1. The molecule has 1 unspecified atom stereocenters. The number of carbonyl (C=O) groups is 1. The molecule has 2 saturated heterocycles. The van der Waals surface area contributed by atoms with Crippen LogP contribution in [0.1, 0.15) is 52.4 Å². The van der Waals surface area contributed by atoms with E-state index in [-0.39, 0.29) is 11.9 Å². The third-order valence-corrected chi connectivity index (χ3v) is 4.45. The summed E-state index contributed by atoms with van der Waals surface area (Å²) >= 11 is 0. The van der Waals surface area contributed by atoms with Crippen LogP contribution < -0.4 is 5.32 Å². The molecule has 2 aliphatic rings.